The molecular formula is C78H74N12O13. The first-order valence-corrected chi connectivity index (χ1v) is 32.8. The molecular weight excluding hydrogens is 1310 g/mol. The van der Waals surface area contributed by atoms with E-state index in [2.05, 4.69) is 75.0 Å². The zero-order chi connectivity index (χ0) is 73.3. The van der Waals surface area contributed by atoms with Crippen molar-refractivity contribution in [2.24, 2.45) is 0 Å². The molecule has 8 aromatic heterocycles. The summed E-state index contributed by atoms with van der Waals surface area (Å²) in [5, 5.41) is 51.1. The highest BCUT2D eigenvalue weighted by molar-refractivity contribution is 5.96. The Labute approximate surface area is 591 Å². The van der Waals surface area contributed by atoms with Crippen molar-refractivity contribution in [3.8, 4) is 52.1 Å². The van der Waals surface area contributed by atoms with E-state index in [1.807, 2.05) is 102 Å². The fourth-order valence-corrected chi connectivity index (χ4v) is 11.1. The maximum atomic E-state index is 11.2. The Hall–Kier alpha value is -13.3. The van der Waals surface area contributed by atoms with Crippen LogP contribution in [-0.2, 0) is 36.9 Å². The first-order valence-electron chi connectivity index (χ1n) is 32.8. The van der Waals surface area contributed by atoms with Crippen molar-refractivity contribution in [3.05, 3.63) is 244 Å². The van der Waals surface area contributed by atoms with E-state index >= 15 is 0 Å². The maximum Gasteiger partial charge on any atom is 0.335 e. The van der Waals surface area contributed by atoms with E-state index in [0.29, 0.717) is 69.4 Å². The zero-order valence-corrected chi connectivity index (χ0v) is 57.8. The van der Waals surface area contributed by atoms with Crippen LogP contribution >= 0.6 is 0 Å². The number of nitrogens with zero attached hydrogens (tertiary/aromatic N) is 8. The van der Waals surface area contributed by atoms with Crippen molar-refractivity contribution in [3.63, 3.8) is 0 Å². The summed E-state index contributed by atoms with van der Waals surface area (Å²) in [6.07, 6.45) is 9.46. The lowest BCUT2D eigenvalue weighted by molar-refractivity contribution is -0.136. The third-order valence-corrected chi connectivity index (χ3v) is 16.3. The number of rotatable bonds is 22. The van der Waals surface area contributed by atoms with E-state index in [-0.39, 0.29) is 23.1 Å². The number of hydrogen-bond acceptors (Lipinski definition) is 21. The Balaban J connectivity index is 0.000000148. The number of aromatic nitrogens is 8. The van der Waals surface area contributed by atoms with E-state index in [9.17, 15) is 19.2 Å². The quantitative estimate of drug-likeness (QED) is 0.0312. The van der Waals surface area contributed by atoms with Gasteiger partial charge in [0, 0.05) is 62.1 Å². The number of carboxylic acids is 4. The van der Waals surface area contributed by atoms with Crippen molar-refractivity contribution in [2.75, 3.05) is 28.4 Å². The van der Waals surface area contributed by atoms with E-state index in [4.69, 9.17) is 42.8 Å². The van der Waals surface area contributed by atoms with Crippen LogP contribution in [0.15, 0.2) is 194 Å². The summed E-state index contributed by atoms with van der Waals surface area (Å²) in [4.78, 5) is 80.5. The number of benzene rings is 5. The Morgan fingerprint density at radius 3 is 1.07 bits per heavy atom. The van der Waals surface area contributed by atoms with Gasteiger partial charge in [0.1, 0.15) is 29.0 Å². The molecule has 0 saturated carbocycles. The van der Waals surface area contributed by atoms with Crippen molar-refractivity contribution < 1.29 is 62.0 Å². The zero-order valence-electron chi connectivity index (χ0n) is 57.8. The maximum absolute atomic E-state index is 11.2. The predicted octanol–water partition coefficient (Wildman–Crippen LogP) is 17.3. The summed E-state index contributed by atoms with van der Waals surface area (Å²) >= 11 is 0. The number of nitrogens with one attached hydrogen (secondary N) is 4. The molecule has 0 aliphatic heterocycles. The van der Waals surface area contributed by atoms with Crippen molar-refractivity contribution in [1.82, 2.24) is 39.9 Å². The smallest absolute Gasteiger partial charge is 0.335 e. The Bertz CT molecular complexity index is 5100. The van der Waals surface area contributed by atoms with E-state index in [0.717, 1.165) is 116 Å². The molecule has 13 rings (SSSR count). The minimum Gasteiger partial charge on any atom is -0.495 e. The fourth-order valence-electron chi connectivity index (χ4n) is 11.1. The molecule has 25 heteroatoms. The molecule has 0 radical (unpaired) electrons. The second-order valence-electron chi connectivity index (χ2n) is 23.1. The molecule has 0 unspecified atom stereocenters. The van der Waals surface area contributed by atoms with Gasteiger partial charge in [-0.1, -0.05) is 52.0 Å². The molecule has 103 heavy (non-hydrogen) atoms. The highest BCUT2D eigenvalue weighted by Gasteiger charge is 2.20. The summed E-state index contributed by atoms with van der Waals surface area (Å²) in [7, 11) is 1.49. The number of furan rings is 4. The molecule has 0 aliphatic carbocycles. The molecule has 0 spiro atoms. The summed E-state index contributed by atoms with van der Waals surface area (Å²) in [5.41, 5.74) is 12.1. The van der Waals surface area contributed by atoms with Crippen LogP contribution in [0.2, 0.25) is 0 Å². The number of carbonyl (C=O) groups is 4. The number of methoxy groups -OCH3 is 1. The Kier molecular flexibility index (Phi) is 23.5. The van der Waals surface area contributed by atoms with Gasteiger partial charge in [-0.3, -0.25) is 4.79 Å². The van der Waals surface area contributed by atoms with E-state index < -0.39 is 23.9 Å². The minimum absolute atomic E-state index is 0.00967. The Morgan fingerprint density at radius 2 is 0.709 bits per heavy atom. The Morgan fingerprint density at radius 1 is 0.379 bits per heavy atom. The number of hydrogen-bond donors (Lipinski definition) is 8. The summed E-state index contributed by atoms with van der Waals surface area (Å²) in [5.74, 6) is 3.95. The molecule has 5 aromatic carbocycles. The second kappa shape index (κ2) is 33.5. The average Bonchev–Trinajstić information content (AvgIpc) is 1.61. The summed E-state index contributed by atoms with van der Waals surface area (Å²) in [6.45, 7) is 16.0. The molecule has 0 amide bonds. The molecule has 8 heterocycles. The largest absolute Gasteiger partial charge is 0.495 e. The van der Waals surface area contributed by atoms with Crippen LogP contribution in [0.25, 0.3) is 57.1 Å². The first kappa shape index (κ1) is 72.4. The molecule has 0 saturated heterocycles. The summed E-state index contributed by atoms with van der Waals surface area (Å²) < 4.78 is 26.9. The summed E-state index contributed by atoms with van der Waals surface area (Å²) in [6, 6.07) is 43.8. The number of aromatic carboxylic acids is 3. The number of fused-ring (bicyclic) bond motifs is 1. The van der Waals surface area contributed by atoms with Crippen LogP contribution in [0.1, 0.15) is 109 Å². The topological polar surface area (TPSA) is 362 Å². The number of aliphatic carboxylic acids is 1. The normalized spacial score (nSPS) is 10.7. The van der Waals surface area contributed by atoms with Gasteiger partial charge in [0.15, 0.2) is 46.3 Å². The van der Waals surface area contributed by atoms with Crippen LogP contribution < -0.4 is 26.0 Å². The van der Waals surface area contributed by atoms with Crippen LogP contribution in [0.5, 0.6) is 5.75 Å². The number of anilines is 8. The SMILES string of the molecule is CCc1c(C)nc(-c2ccco2)nc1Nc1ccc(C(=O)O)cc1.CCc1c(C)nc(-c2ccco2)nc1Nc1ccc(C(=O)O)cc1OC.CCc1c(C)nc(-c2ccco2)nc1Nc1ccc(CC(=O)O)cc1.CCc1c(C)nc(-c2ccco2)nc1Nc1ccc2cc(C(=O)O)ccc2c1. The monoisotopic (exact) mass is 1390 g/mol. The van der Waals surface area contributed by atoms with E-state index in [1.54, 1.807) is 104 Å². The van der Waals surface area contributed by atoms with E-state index in [1.165, 1.54) is 19.2 Å². The van der Waals surface area contributed by atoms with Crippen molar-refractivity contribution in [2.45, 2.75) is 87.5 Å². The van der Waals surface area contributed by atoms with Crippen molar-refractivity contribution >= 4 is 80.7 Å². The van der Waals surface area contributed by atoms with Gasteiger partial charge in [0.25, 0.3) is 0 Å². The van der Waals surface area contributed by atoms with Crippen LogP contribution in [0.4, 0.5) is 46.0 Å². The third-order valence-electron chi connectivity index (χ3n) is 16.3. The lowest BCUT2D eigenvalue weighted by Crippen LogP contribution is -2.06. The lowest BCUT2D eigenvalue weighted by atomic mass is 10.1. The van der Waals surface area contributed by atoms with Gasteiger partial charge in [-0.2, -0.15) is 0 Å². The molecule has 0 atom stereocenters. The van der Waals surface area contributed by atoms with Crippen molar-refractivity contribution in [1.29, 1.82) is 0 Å². The van der Waals surface area contributed by atoms with Gasteiger partial charge in [-0.05, 0) is 197 Å². The van der Waals surface area contributed by atoms with Crippen LogP contribution in [-0.4, -0.2) is 91.3 Å². The third kappa shape index (κ3) is 18.1. The molecule has 524 valence electrons. The molecule has 0 aliphatic rings. The fraction of sp³-hybridized carbons (Fsp3) is 0.179. The minimum atomic E-state index is -1.01. The number of ether oxygens (including phenoxy) is 1. The van der Waals surface area contributed by atoms with Gasteiger partial charge in [0.2, 0.25) is 0 Å². The highest BCUT2D eigenvalue weighted by Crippen LogP contribution is 2.34. The van der Waals surface area contributed by atoms with Gasteiger partial charge < -0.3 is 64.1 Å². The second-order valence-corrected chi connectivity index (χ2v) is 23.1. The molecule has 0 bridgehead atoms. The molecule has 13 aromatic rings. The van der Waals surface area contributed by atoms with Gasteiger partial charge >= 0.3 is 23.9 Å². The first-order chi connectivity index (χ1) is 49.7. The highest BCUT2D eigenvalue weighted by atomic mass is 16.5. The van der Waals surface area contributed by atoms with Gasteiger partial charge in [-0.25, -0.2) is 54.3 Å². The molecule has 0 fully saturated rings. The number of carboxylic acid groups (broad SMARTS) is 4. The average molecular weight is 1390 g/mol. The molecule has 8 N–H and O–H groups in total. The van der Waals surface area contributed by atoms with Crippen LogP contribution in [0.3, 0.4) is 0 Å². The van der Waals surface area contributed by atoms with Crippen LogP contribution in [0, 0.1) is 27.7 Å². The lowest BCUT2D eigenvalue weighted by Gasteiger charge is -2.15. The number of aryl methyl sites for hydroxylation is 4. The predicted molar refractivity (Wildman–Crippen MR) is 391 cm³/mol. The van der Waals surface area contributed by atoms with Gasteiger partial charge in [-0.15, -0.1) is 0 Å². The van der Waals surface area contributed by atoms with Gasteiger partial charge in [0.05, 0.1) is 61.0 Å². The molecule has 25 nitrogen and oxygen atoms in total. The standard InChI is InChI=1S/C22H19N3O3.C19H19N3O4.C19H19N3O3.C18H17N3O3/c1-3-18-13(2)23-21(19-5-4-10-28-19)25-20(18)24-17-9-8-14-11-16(22(26)27)7-6-15(14)12-17;1-4-13-11(2)20-18(15-6-5-9-26-15)22-17(13)21-14-8-7-12(19(23)24)10-16(14)25-3;1-3-15-12(2)20-19(16-5-4-10-25-16)22-18(15)21-14-8-6-13(7-9-14)11-17(23)24;1-3-14-11(2)19-17(15-5-4-10-24-15)21-16(14)20-13-8-6-12(7-9-13)18(22)23/h4-12H,3H2,1-2H3,(H,26,27)(H,23,24,25);5-10H,4H2,1-3H3,(H,23,24)(H,20,21,22);4-10H,3,11H2,1-2H3,(H,23,24)(H,20,21,22);4-10H,3H2,1-2H3,(H,22,23)(H,19,20,21).